The summed E-state index contributed by atoms with van der Waals surface area (Å²) in [7, 11) is 2.16. The zero-order valence-electron chi connectivity index (χ0n) is 12.8. The van der Waals surface area contributed by atoms with Gasteiger partial charge in [0.15, 0.2) is 0 Å². The summed E-state index contributed by atoms with van der Waals surface area (Å²) in [6.07, 6.45) is 0.969. The lowest BCUT2D eigenvalue weighted by molar-refractivity contribution is 0.202. The largest absolute Gasteiger partial charge is 0.326 e. The molecule has 2 aromatic rings. The van der Waals surface area contributed by atoms with Crippen molar-refractivity contribution < 1.29 is 0 Å². The molecule has 114 valence electrons. The van der Waals surface area contributed by atoms with Crippen LogP contribution in [0.2, 0.25) is 0 Å². The summed E-state index contributed by atoms with van der Waals surface area (Å²) in [4.78, 5) is 2.36. The molecule has 1 aromatic heterocycles. The molecule has 2 N–H and O–H groups in total. The van der Waals surface area contributed by atoms with Crippen LogP contribution in [-0.2, 0) is 6.54 Å². The van der Waals surface area contributed by atoms with Crippen LogP contribution in [0.5, 0.6) is 0 Å². The van der Waals surface area contributed by atoms with Crippen molar-refractivity contribution in [2.45, 2.75) is 38.9 Å². The molecule has 2 atom stereocenters. The van der Waals surface area contributed by atoms with Gasteiger partial charge in [-0.3, -0.25) is 4.90 Å². The molecule has 0 amide bonds. The van der Waals surface area contributed by atoms with Crippen molar-refractivity contribution in [1.82, 2.24) is 4.90 Å². The highest BCUT2D eigenvalue weighted by molar-refractivity contribution is 9.11. The Morgan fingerprint density at radius 2 is 2.10 bits per heavy atom. The monoisotopic (exact) mass is 366 g/mol. The predicted molar refractivity (Wildman–Crippen MR) is 95.7 cm³/mol. The molecule has 1 heterocycles. The average molecular weight is 367 g/mol. The van der Waals surface area contributed by atoms with E-state index in [9.17, 15) is 0 Å². The van der Waals surface area contributed by atoms with E-state index in [1.807, 2.05) is 0 Å². The third kappa shape index (κ3) is 4.39. The summed E-state index contributed by atoms with van der Waals surface area (Å²) in [5.74, 6) is 0. The minimum atomic E-state index is 0.138. The van der Waals surface area contributed by atoms with Gasteiger partial charge in [0.05, 0.1) is 3.79 Å². The minimum absolute atomic E-state index is 0.138. The first kappa shape index (κ1) is 16.7. The molecule has 2 unspecified atom stereocenters. The molecule has 0 saturated carbocycles. The number of hydrogen-bond donors (Lipinski definition) is 1. The molecule has 0 saturated heterocycles. The SMILES string of the molecule is CCC(N)C(c1cccc(C)c1)N(C)Cc1csc(Br)c1. The summed E-state index contributed by atoms with van der Waals surface area (Å²) < 4.78 is 1.18. The van der Waals surface area contributed by atoms with Crippen LogP contribution in [0.4, 0.5) is 0 Å². The molecule has 0 spiro atoms. The topological polar surface area (TPSA) is 29.3 Å². The number of likely N-dealkylation sites (N-methyl/N-ethyl adjacent to an activating group) is 1. The smallest absolute Gasteiger partial charge is 0.0701 e. The van der Waals surface area contributed by atoms with E-state index in [0.29, 0.717) is 0 Å². The van der Waals surface area contributed by atoms with E-state index in [0.717, 1.165) is 13.0 Å². The van der Waals surface area contributed by atoms with Gasteiger partial charge in [0, 0.05) is 18.6 Å². The van der Waals surface area contributed by atoms with Gasteiger partial charge < -0.3 is 5.73 Å². The van der Waals surface area contributed by atoms with Gasteiger partial charge >= 0.3 is 0 Å². The lowest BCUT2D eigenvalue weighted by Gasteiger charge is -2.33. The number of benzene rings is 1. The van der Waals surface area contributed by atoms with E-state index in [4.69, 9.17) is 5.73 Å². The van der Waals surface area contributed by atoms with Crippen LogP contribution in [0.3, 0.4) is 0 Å². The second-order valence-electron chi connectivity index (χ2n) is 5.61. The Morgan fingerprint density at radius 3 is 2.67 bits per heavy atom. The van der Waals surface area contributed by atoms with E-state index >= 15 is 0 Å². The maximum absolute atomic E-state index is 6.41. The Hall–Kier alpha value is -0.680. The van der Waals surface area contributed by atoms with Gasteiger partial charge in [-0.1, -0.05) is 36.8 Å². The standard InChI is InChI=1S/C17H23BrN2S/c1-4-15(19)17(14-7-5-6-12(2)8-14)20(3)10-13-9-16(18)21-11-13/h5-9,11,15,17H,4,10,19H2,1-3H3. The number of nitrogens with two attached hydrogens (primary N) is 1. The average Bonchev–Trinajstić information content (AvgIpc) is 2.84. The lowest BCUT2D eigenvalue weighted by atomic mass is 9.95. The van der Waals surface area contributed by atoms with Crippen molar-refractivity contribution >= 4 is 27.3 Å². The Kier molecular flexibility index (Phi) is 5.99. The molecular formula is C17H23BrN2S. The Balaban J connectivity index is 2.23. The van der Waals surface area contributed by atoms with Gasteiger partial charge in [0.2, 0.25) is 0 Å². The van der Waals surface area contributed by atoms with E-state index in [2.05, 4.69) is 77.4 Å². The first-order chi connectivity index (χ1) is 10.0. The molecule has 1 aromatic carbocycles. The first-order valence-electron chi connectivity index (χ1n) is 7.26. The van der Waals surface area contributed by atoms with Crippen molar-refractivity contribution in [2.75, 3.05) is 7.05 Å². The Morgan fingerprint density at radius 1 is 1.33 bits per heavy atom. The Bertz CT molecular complexity index is 582. The highest BCUT2D eigenvalue weighted by atomic mass is 79.9. The maximum atomic E-state index is 6.41. The highest BCUT2D eigenvalue weighted by Crippen LogP contribution is 2.28. The molecule has 0 bridgehead atoms. The molecule has 0 aliphatic rings. The van der Waals surface area contributed by atoms with Gasteiger partial charge in [0.25, 0.3) is 0 Å². The molecule has 0 aliphatic carbocycles. The fraction of sp³-hybridized carbons (Fsp3) is 0.412. The van der Waals surface area contributed by atoms with Gasteiger partial charge in [-0.05, 0) is 58.9 Å². The van der Waals surface area contributed by atoms with Crippen LogP contribution in [0.25, 0.3) is 0 Å². The van der Waals surface area contributed by atoms with Gasteiger partial charge in [-0.15, -0.1) is 11.3 Å². The van der Waals surface area contributed by atoms with E-state index in [-0.39, 0.29) is 12.1 Å². The summed E-state index contributed by atoms with van der Waals surface area (Å²) >= 11 is 5.26. The summed E-state index contributed by atoms with van der Waals surface area (Å²) in [5.41, 5.74) is 10.3. The first-order valence-corrected chi connectivity index (χ1v) is 8.93. The fourth-order valence-electron chi connectivity index (χ4n) is 2.72. The third-order valence-corrected chi connectivity index (χ3v) is 5.34. The van der Waals surface area contributed by atoms with Crippen LogP contribution in [-0.4, -0.2) is 18.0 Å². The van der Waals surface area contributed by atoms with Crippen molar-refractivity contribution in [2.24, 2.45) is 5.73 Å². The fourth-order valence-corrected chi connectivity index (χ4v) is 3.92. The van der Waals surface area contributed by atoms with Crippen LogP contribution in [0.1, 0.15) is 36.1 Å². The van der Waals surface area contributed by atoms with Crippen molar-refractivity contribution in [3.8, 4) is 0 Å². The Labute approximate surface area is 140 Å². The van der Waals surface area contributed by atoms with E-state index in [1.165, 1.54) is 20.5 Å². The number of rotatable bonds is 6. The molecule has 0 fully saturated rings. The van der Waals surface area contributed by atoms with Crippen molar-refractivity contribution in [3.05, 3.63) is 56.2 Å². The number of thiophene rings is 1. The van der Waals surface area contributed by atoms with E-state index in [1.54, 1.807) is 11.3 Å². The number of halogens is 1. The molecule has 2 rings (SSSR count). The number of hydrogen-bond acceptors (Lipinski definition) is 3. The minimum Gasteiger partial charge on any atom is -0.326 e. The maximum Gasteiger partial charge on any atom is 0.0701 e. The quantitative estimate of drug-likeness (QED) is 0.800. The summed E-state index contributed by atoms with van der Waals surface area (Å²) in [6.45, 7) is 5.20. The van der Waals surface area contributed by atoms with Crippen LogP contribution < -0.4 is 5.73 Å². The lowest BCUT2D eigenvalue weighted by Crippen LogP contribution is -2.38. The van der Waals surface area contributed by atoms with Gasteiger partial charge in [-0.2, -0.15) is 0 Å². The zero-order valence-corrected chi connectivity index (χ0v) is 15.2. The second-order valence-corrected chi connectivity index (χ2v) is 7.90. The zero-order chi connectivity index (χ0) is 15.4. The highest BCUT2D eigenvalue weighted by Gasteiger charge is 2.23. The summed E-state index contributed by atoms with van der Waals surface area (Å²) in [6, 6.07) is 11.3. The number of aryl methyl sites for hydroxylation is 1. The molecular weight excluding hydrogens is 344 g/mol. The van der Waals surface area contributed by atoms with Crippen LogP contribution in [0, 0.1) is 6.92 Å². The molecule has 0 radical (unpaired) electrons. The third-order valence-electron chi connectivity index (χ3n) is 3.79. The van der Waals surface area contributed by atoms with Crippen molar-refractivity contribution in [3.63, 3.8) is 0 Å². The van der Waals surface area contributed by atoms with Gasteiger partial charge in [-0.25, -0.2) is 0 Å². The number of nitrogens with zero attached hydrogens (tertiary/aromatic N) is 1. The van der Waals surface area contributed by atoms with E-state index < -0.39 is 0 Å². The second kappa shape index (κ2) is 7.54. The molecule has 2 nitrogen and oxygen atoms in total. The molecule has 4 heteroatoms. The van der Waals surface area contributed by atoms with Gasteiger partial charge in [0.1, 0.15) is 0 Å². The molecule has 21 heavy (non-hydrogen) atoms. The van der Waals surface area contributed by atoms with Crippen molar-refractivity contribution in [1.29, 1.82) is 0 Å². The predicted octanol–water partition coefficient (Wildman–Crippen LogP) is 4.73. The van der Waals surface area contributed by atoms with Crippen LogP contribution >= 0.6 is 27.3 Å². The van der Waals surface area contributed by atoms with Crippen LogP contribution in [0.15, 0.2) is 39.5 Å². The normalized spacial score (nSPS) is 14.4. The molecule has 0 aliphatic heterocycles. The summed E-state index contributed by atoms with van der Waals surface area (Å²) in [5, 5.41) is 2.20.